The van der Waals surface area contributed by atoms with E-state index in [1.165, 1.54) is 0 Å². The summed E-state index contributed by atoms with van der Waals surface area (Å²) < 4.78 is 16.7. The molecule has 2 saturated heterocycles. The molecular weight excluding hydrogens is 472 g/mol. The molecule has 0 aromatic heterocycles. The Labute approximate surface area is 218 Å². The topological polar surface area (TPSA) is 88.5 Å². The minimum Gasteiger partial charge on any atom is -0.507 e. The number of carbonyl (C=O) groups excluding carboxylic acids is 2. The summed E-state index contributed by atoms with van der Waals surface area (Å²) in [4.78, 5) is 30.4. The highest BCUT2D eigenvalue weighted by atomic mass is 16.5. The van der Waals surface area contributed by atoms with E-state index in [0.29, 0.717) is 50.8 Å². The lowest BCUT2D eigenvalue weighted by Crippen LogP contribution is -2.42. The van der Waals surface area contributed by atoms with E-state index in [0.717, 1.165) is 36.4 Å². The zero-order valence-electron chi connectivity index (χ0n) is 21.9. The molecule has 0 radical (unpaired) electrons. The molecule has 37 heavy (non-hydrogen) atoms. The number of hydrogen-bond acceptors (Lipinski definition) is 7. The number of hydrogen-bond donors (Lipinski definition) is 1. The molecule has 0 spiro atoms. The van der Waals surface area contributed by atoms with Gasteiger partial charge in [0.25, 0.3) is 11.7 Å². The summed E-state index contributed by atoms with van der Waals surface area (Å²) in [6, 6.07) is 12.0. The molecule has 1 amide bonds. The quantitative estimate of drug-likeness (QED) is 0.295. The highest BCUT2D eigenvalue weighted by Crippen LogP contribution is 2.40. The number of aryl methyl sites for hydroxylation is 1. The number of aliphatic hydroxyl groups is 1. The second-order valence-electron chi connectivity index (χ2n) is 9.27. The van der Waals surface area contributed by atoms with Crippen LogP contribution in [0.5, 0.6) is 11.5 Å². The Bertz CT molecular complexity index is 1140. The van der Waals surface area contributed by atoms with Crippen molar-refractivity contribution in [1.29, 1.82) is 0 Å². The number of rotatable bonds is 10. The molecule has 8 heteroatoms. The second-order valence-corrected chi connectivity index (χ2v) is 9.27. The van der Waals surface area contributed by atoms with E-state index in [-0.39, 0.29) is 11.3 Å². The van der Waals surface area contributed by atoms with Crippen LogP contribution in [0.1, 0.15) is 43.0 Å². The van der Waals surface area contributed by atoms with Gasteiger partial charge in [-0.15, -0.1) is 0 Å². The summed E-state index contributed by atoms with van der Waals surface area (Å²) in [6.07, 6.45) is 0.894. The van der Waals surface area contributed by atoms with Gasteiger partial charge in [0.05, 0.1) is 38.0 Å². The second kappa shape index (κ2) is 12.3. The van der Waals surface area contributed by atoms with Gasteiger partial charge < -0.3 is 24.2 Å². The summed E-state index contributed by atoms with van der Waals surface area (Å²) in [5.74, 6) is -0.0529. The first-order chi connectivity index (χ1) is 17.9. The van der Waals surface area contributed by atoms with E-state index in [4.69, 9.17) is 14.2 Å². The number of aliphatic hydroxyl groups excluding tert-OH is 1. The van der Waals surface area contributed by atoms with Crippen LogP contribution < -0.4 is 9.47 Å². The Morgan fingerprint density at radius 2 is 1.70 bits per heavy atom. The third-order valence-electron chi connectivity index (χ3n) is 6.73. The van der Waals surface area contributed by atoms with Crippen LogP contribution in [0.3, 0.4) is 0 Å². The molecule has 198 valence electrons. The van der Waals surface area contributed by atoms with Crippen LogP contribution in [0.2, 0.25) is 0 Å². The zero-order chi connectivity index (χ0) is 26.4. The average molecular weight is 509 g/mol. The monoisotopic (exact) mass is 508 g/mol. The lowest BCUT2D eigenvalue weighted by Gasteiger charge is -2.31. The Kier molecular flexibility index (Phi) is 8.84. The molecule has 0 aliphatic carbocycles. The van der Waals surface area contributed by atoms with Gasteiger partial charge in [0.15, 0.2) is 0 Å². The molecule has 2 aromatic carbocycles. The number of ketones is 1. The number of Topliss-reactive ketones (excluding diaryl/α,β-unsaturated/α-hetero) is 1. The Morgan fingerprint density at radius 1 is 1.00 bits per heavy atom. The van der Waals surface area contributed by atoms with Crippen molar-refractivity contribution >= 4 is 17.4 Å². The van der Waals surface area contributed by atoms with E-state index >= 15 is 0 Å². The minimum atomic E-state index is -0.702. The number of amides is 1. The standard InChI is InChI=1S/C29H36N2O6/c1-4-16-37-22-8-6-21(7-9-22)26-25(27(32)24-11-10-23(36-5-2)19-20(24)3)28(33)29(34)31(26)13-12-30-14-17-35-18-15-30/h6-11,19,26,32H,4-5,12-18H2,1-3H3. The molecule has 2 aliphatic rings. The van der Waals surface area contributed by atoms with Crippen molar-refractivity contribution in [2.24, 2.45) is 0 Å². The molecule has 2 aliphatic heterocycles. The molecule has 0 saturated carbocycles. The van der Waals surface area contributed by atoms with Gasteiger partial charge in [-0.05, 0) is 61.7 Å². The first-order valence-corrected chi connectivity index (χ1v) is 13.0. The molecule has 0 bridgehead atoms. The van der Waals surface area contributed by atoms with Crippen LogP contribution in [-0.4, -0.2) is 79.2 Å². The number of likely N-dealkylation sites (tertiary alicyclic amines) is 1. The number of ether oxygens (including phenoxy) is 3. The normalized spacial score (nSPS) is 19.9. The fourth-order valence-electron chi connectivity index (χ4n) is 4.80. The SMILES string of the molecule is CCCOc1ccc(C2C(=C(O)c3ccc(OCC)cc3C)C(=O)C(=O)N2CCN2CCOCC2)cc1. The fraction of sp³-hybridized carbons (Fsp3) is 0.448. The zero-order valence-corrected chi connectivity index (χ0v) is 21.9. The highest BCUT2D eigenvalue weighted by Gasteiger charge is 2.46. The summed E-state index contributed by atoms with van der Waals surface area (Å²) in [7, 11) is 0. The molecule has 2 aromatic rings. The Balaban J connectivity index is 1.72. The minimum absolute atomic E-state index is 0.0986. The predicted molar refractivity (Wildman–Crippen MR) is 141 cm³/mol. The molecule has 2 fully saturated rings. The van der Waals surface area contributed by atoms with Crippen molar-refractivity contribution in [1.82, 2.24) is 9.80 Å². The van der Waals surface area contributed by atoms with Crippen molar-refractivity contribution in [3.63, 3.8) is 0 Å². The molecule has 4 rings (SSSR count). The maximum Gasteiger partial charge on any atom is 0.295 e. The number of benzene rings is 2. The van der Waals surface area contributed by atoms with Gasteiger partial charge in [-0.1, -0.05) is 19.1 Å². The molecule has 8 nitrogen and oxygen atoms in total. The summed E-state index contributed by atoms with van der Waals surface area (Å²) in [6.45, 7) is 10.8. The molecule has 1 atom stereocenters. The lowest BCUT2D eigenvalue weighted by atomic mass is 9.94. The van der Waals surface area contributed by atoms with Gasteiger partial charge in [0.1, 0.15) is 17.3 Å². The van der Waals surface area contributed by atoms with Crippen LogP contribution in [0.25, 0.3) is 5.76 Å². The van der Waals surface area contributed by atoms with Crippen molar-refractivity contribution in [3.05, 3.63) is 64.7 Å². The summed E-state index contributed by atoms with van der Waals surface area (Å²) in [5, 5.41) is 11.4. The van der Waals surface area contributed by atoms with Crippen LogP contribution in [0, 0.1) is 6.92 Å². The van der Waals surface area contributed by atoms with Gasteiger partial charge >= 0.3 is 0 Å². The van der Waals surface area contributed by atoms with Gasteiger partial charge in [0, 0.05) is 31.7 Å². The number of carbonyl (C=O) groups is 2. The maximum absolute atomic E-state index is 13.4. The number of morpholine rings is 1. The molecule has 1 N–H and O–H groups in total. The third kappa shape index (κ3) is 5.97. The van der Waals surface area contributed by atoms with Crippen LogP contribution in [0.15, 0.2) is 48.0 Å². The van der Waals surface area contributed by atoms with Gasteiger partial charge in [-0.2, -0.15) is 0 Å². The van der Waals surface area contributed by atoms with Gasteiger partial charge in [-0.3, -0.25) is 14.5 Å². The van der Waals surface area contributed by atoms with Crippen molar-refractivity contribution in [3.8, 4) is 11.5 Å². The number of nitrogens with zero attached hydrogens (tertiary/aromatic N) is 2. The maximum atomic E-state index is 13.4. The van der Waals surface area contributed by atoms with Crippen LogP contribution in [0.4, 0.5) is 0 Å². The third-order valence-corrected chi connectivity index (χ3v) is 6.73. The molecular formula is C29H36N2O6. The Morgan fingerprint density at radius 3 is 2.35 bits per heavy atom. The molecule has 2 heterocycles. The fourth-order valence-corrected chi connectivity index (χ4v) is 4.80. The molecule has 1 unspecified atom stereocenters. The smallest absolute Gasteiger partial charge is 0.295 e. The van der Waals surface area contributed by atoms with Crippen molar-refractivity contribution in [2.75, 3.05) is 52.6 Å². The predicted octanol–water partition coefficient (Wildman–Crippen LogP) is 3.94. The van der Waals surface area contributed by atoms with E-state index < -0.39 is 17.7 Å². The van der Waals surface area contributed by atoms with E-state index in [1.807, 2.05) is 51.1 Å². The van der Waals surface area contributed by atoms with E-state index in [2.05, 4.69) is 4.90 Å². The highest BCUT2D eigenvalue weighted by molar-refractivity contribution is 6.46. The van der Waals surface area contributed by atoms with Crippen molar-refractivity contribution in [2.45, 2.75) is 33.2 Å². The van der Waals surface area contributed by atoms with E-state index in [1.54, 1.807) is 17.0 Å². The Hall–Kier alpha value is -3.36. The van der Waals surface area contributed by atoms with Crippen LogP contribution in [-0.2, 0) is 14.3 Å². The summed E-state index contributed by atoms with van der Waals surface area (Å²) in [5.41, 5.74) is 2.10. The van der Waals surface area contributed by atoms with Gasteiger partial charge in [0.2, 0.25) is 0 Å². The largest absolute Gasteiger partial charge is 0.507 e. The average Bonchev–Trinajstić information content (AvgIpc) is 3.16. The summed E-state index contributed by atoms with van der Waals surface area (Å²) >= 11 is 0. The first-order valence-electron chi connectivity index (χ1n) is 13.0. The first kappa shape index (κ1) is 26.7. The van der Waals surface area contributed by atoms with Crippen molar-refractivity contribution < 1.29 is 28.9 Å². The lowest BCUT2D eigenvalue weighted by molar-refractivity contribution is -0.140. The van der Waals surface area contributed by atoms with Crippen LogP contribution >= 0.6 is 0 Å². The van der Waals surface area contributed by atoms with Gasteiger partial charge in [-0.25, -0.2) is 0 Å². The van der Waals surface area contributed by atoms with E-state index in [9.17, 15) is 14.7 Å².